The summed E-state index contributed by atoms with van der Waals surface area (Å²) in [6, 6.07) is -0.0378. The van der Waals surface area contributed by atoms with Gasteiger partial charge in [-0.25, -0.2) is 4.98 Å². The van der Waals surface area contributed by atoms with Crippen LogP contribution in [-0.2, 0) is 6.54 Å². The highest BCUT2D eigenvalue weighted by molar-refractivity contribution is 5.93. The molecule has 3 heterocycles. The highest BCUT2D eigenvalue weighted by Crippen LogP contribution is 2.21. The average Bonchev–Trinajstić information content (AvgIpc) is 3.03. The van der Waals surface area contributed by atoms with E-state index in [-0.39, 0.29) is 18.6 Å². The second kappa shape index (κ2) is 4.61. The summed E-state index contributed by atoms with van der Waals surface area (Å²) in [6.07, 6.45) is 4.72. The number of aromatic nitrogens is 2. The zero-order chi connectivity index (χ0) is 12.5. The third kappa shape index (κ3) is 1.86. The first-order chi connectivity index (χ1) is 8.79. The fraction of sp³-hybridized carbons (Fsp3) is 0.667. The third-order valence-electron chi connectivity index (χ3n) is 3.70. The fourth-order valence-electron chi connectivity index (χ4n) is 2.72. The molecule has 1 aromatic heterocycles. The molecule has 0 aromatic carbocycles. The van der Waals surface area contributed by atoms with E-state index in [1.54, 1.807) is 4.90 Å². The number of fused-ring (bicyclic) bond motifs is 1. The normalized spacial score (nSPS) is 22.7. The van der Waals surface area contributed by atoms with Gasteiger partial charge >= 0.3 is 0 Å². The number of carbonyl (C=O) groups is 1. The Morgan fingerprint density at radius 1 is 1.50 bits per heavy atom. The maximum Gasteiger partial charge on any atom is 0.274 e. The van der Waals surface area contributed by atoms with Crippen molar-refractivity contribution < 1.29 is 9.90 Å². The number of anilines is 1. The Balaban J connectivity index is 1.81. The van der Waals surface area contributed by atoms with Crippen molar-refractivity contribution in [2.75, 3.05) is 25.0 Å². The van der Waals surface area contributed by atoms with Gasteiger partial charge in [-0.05, 0) is 19.3 Å². The molecule has 1 fully saturated rings. The molecule has 1 atom stereocenters. The number of aliphatic hydroxyl groups excluding tert-OH is 1. The molecule has 2 N–H and O–H groups in total. The van der Waals surface area contributed by atoms with Gasteiger partial charge in [-0.3, -0.25) is 4.79 Å². The molecule has 18 heavy (non-hydrogen) atoms. The summed E-state index contributed by atoms with van der Waals surface area (Å²) in [5, 5.41) is 12.4. The van der Waals surface area contributed by atoms with Crippen LogP contribution in [0.1, 0.15) is 29.8 Å². The molecule has 6 heteroatoms. The Morgan fingerprint density at radius 2 is 2.39 bits per heavy atom. The van der Waals surface area contributed by atoms with Crippen LogP contribution in [-0.4, -0.2) is 51.2 Å². The summed E-state index contributed by atoms with van der Waals surface area (Å²) in [5.41, 5.74) is 0.486. The van der Waals surface area contributed by atoms with Crippen molar-refractivity contribution in [3.63, 3.8) is 0 Å². The lowest BCUT2D eigenvalue weighted by Crippen LogP contribution is -2.37. The van der Waals surface area contributed by atoms with Gasteiger partial charge in [-0.15, -0.1) is 0 Å². The zero-order valence-electron chi connectivity index (χ0n) is 10.3. The zero-order valence-corrected chi connectivity index (χ0v) is 10.3. The number of hydrogen-bond acceptors (Lipinski definition) is 4. The van der Waals surface area contributed by atoms with Crippen LogP contribution in [0.15, 0.2) is 6.20 Å². The first-order valence-electron chi connectivity index (χ1n) is 6.52. The van der Waals surface area contributed by atoms with Gasteiger partial charge in [0.1, 0.15) is 5.69 Å². The Bertz CT molecular complexity index is 433. The highest BCUT2D eigenvalue weighted by atomic mass is 16.3. The Hall–Kier alpha value is -1.56. The van der Waals surface area contributed by atoms with Crippen molar-refractivity contribution in [3.8, 4) is 0 Å². The van der Waals surface area contributed by atoms with Crippen LogP contribution in [0, 0.1) is 0 Å². The van der Waals surface area contributed by atoms with E-state index in [0.717, 1.165) is 44.8 Å². The van der Waals surface area contributed by atoms with Gasteiger partial charge in [0.15, 0.2) is 0 Å². The molecule has 1 saturated heterocycles. The molecule has 1 amide bonds. The topological polar surface area (TPSA) is 70.4 Å². The van der Waals surface area contributed by atoms with E-state index < -0.39 is 0 Å². The summed E-state index contributed by atoms with van der Waals surface area (Å²) >= 11 is 0. The number of nitrogens with one attached hydrogen (secondary N) is 1. The Labute approximate surface area is 106 Å². The van der Waals surface area contributed by atoms with Crippen LogP contribution in [0.2, 0.25) is 0 Å². The molecular formula is C12H18N4O2. The summed E-state index contributed by atoms with van der Waals surface area (Å²) < 4.78 is 1.99. The monoisotopic (exact) mass is 250 g/mol. The van der Waals surface area contributed by atoms with Gasteiger partial charge in [-0.1, -0.05) is 0 Å². The third-order valence-corrected chi connectivity index (χ3v) is 3.70. The standard InChI is InChI=1S/C12H18N4O2/c17-8-9-3-1-6-16(9)11(18)10-7-15-5-2-4-13-12(15)14-10/h7,9,17H,1-6,8H2,(H,13,14). The average molecular weight is 250 g/mol. The van der Waals surface area contributed by atoms with Crippen LogP contribution in [0.3, 0.4) is 0 Å². The van der Waals surface area contributed by atoms with E-state index in [0.29, 0.717) is 5.69 Å². The number of carbonyl (C=O) groups excluding carboxylic acids is 1. The molecular weight excluding hydrogens is 232 g/mol. The fourth-order valence-corrected chi connectivity index (χ4v) is 2.72. The molecule has 1 aromatic rings. The van der Waals surface area contributed by atoms with Gasteiger partial charge in [0.2, 0.25) is 5.95 Å². The lowest BCUT2D eigenvalue weighted by Gasteiger charge is -2.21. The quantitative estimate of drug-likeness (QED) is 0.792. The summed E-state index contributed by atoms with van der Waals surface area (Å²) in [5.74, 6) is 0.722. The number of amides is 1. The predicted molar refractivity (Wildman–Crippen MR) is 66.5 cm³/mol. The minimum absolute atomic E-state index is 0.0378. The number of aliphatic hydroxyl groups is 1. The van der Waals surface area contributed by atoms with E-state index in [1.165, 1.54) is 0 Å². The second-order valence-electron chi connectivity index (χ2n) is 4.90. The van der Waals surface area contributed by atoms with Crippen LogP contribution >= 0.6 is 0 Å². The molecule has 0 bridgehead atoms. The molecule has 0 aliphatic carbocycles. The molecule has 3 rings (SSSR count). The van der Waals surface area contributed by atoms with Crippen molar-refractivity contribution in [3.05, 3.63) is 11.9 Å². The van der Waals surface area contributed by atoms with E-state index in [1.807, 2.05) is 10.8 Å². The Morgan fingerprint density at radius 3 is 3.17 bits per heavy atom. The van der Waals surface area contributed by atoms with E-state index >= 15 is 0 Å². The SMILES string of the molecule is O=C(c1cn2c(n1)NCCC2)N1CCCC1CO. The first kappa shape index (κ1) is 11.5. The van der Waals surface area contributed by atoms with E-state index in [2.05, 4.69) is 10.3 Å². The first-order valence-corrected chi connectivity index (χ1v) is 6.52. The predicted octanol–water partition coefficient (Wildman–Crippen LogP) is 0.296. The number of imidazole rings is 1. The lowest BCUT2D eigenvalue weighted by atomic mass is 10.2. The molecule has 1 unspecified atom stereocenters. The smallest absolute Gasteiger partial charge is 0.274 e. The van der Waals surface area contributed by atoms with Gasteiger partial charge in [0.05, 0.1) is 12.6 Å². The molecule has 98 valence electrons. The second-order valence-corrected chi connectivity index (χ2v) is 4.90. The molecule has 0 saturated carbocycles. The molecule has 0 spiro atoms. The van der Waals surface area contributed by atoms with Crippen LogP contribution < -0.4 is 5.32 Å². The number of rotatable bonds is 2. The molecule has 2 aliphatic rings. The number of hydrogen-bond donors (Lipinski definition) is 2. The highest BCUT2D eigenvalue weighted by Gasteiger charge is 2.30. The van der Waals surface area contributed by atoms with E-state index in [4.69, 9.17) is 0 Å². The minimum Gasteiger partial charge on any atom is -0.394 e. The van der Waals surface area contributed by atoms with Crippen LogP contribution in [0.4, 0.5) is 5.95 Å². The Kier molecular flexibility index (Phi) is 2.95. The van der Waals surface area contributed by atoms with Crippen LogP contribution in [0.5, 0.6) is 0 Å². The van der Waals surface area contributed by atoms with Gasteiger partial charge < -0.3 is 19.9 Å². The summed E-state index contributed by atoms with van der Waals surface area (Å²) in [7, 11) is 0. The number of nitrogens with zero attached hydrogens (tertiary/aromatic N) is 3. The summed E-state index contributed by atoms with van der Waals surface area (Å²) in [6.45, 7) is 2.58. The van der Waals surface area contributed by atoms with Crippen molar-refractivity contribution in [2.24, 2.45) is 0 Å². The maximum atomic E-state index is 12.3. The van der Waals surface area contributed by atoms with Gasteiger partial charge in [0, 0.05) is 25.8 Å². The largest absolute Gasteiger partial charge is 0.394 e. The van der Waals surface area contributed by atoms with Crippen molar-refractivity contribution in [1.82, 2.24) is 14.5 Å². The number of aryl methyl sites for hydroxylation is 1. The van der Waals surface area contributed by atoms with Crippen LogP contribution in [0.25, 0.3) is 0 Å². The van der Waals surface area contributed by atoms with E-state index in [9.17, 15) is 9.90 Å². The van der Waals surface area contributed by atoms with Crippen molar-refractivity contribution in [2.45, 2.75) is 31.8 Å². The summed E-state index contributed by atoms with van der Waals surface area (Å²) in [4.78, 5) is 18.4. The van der Waals surface area contributed by atoms with Crippen molar-refractivity contribution >= 4 is 11.9 Å². The molecule has 2 aliphatic heterocycles. The minimum atomic E-state index is -0.0600. The van der Waals surface area contributed by atoms with Crippen molar-refractivity contribution in [1.29, 1.82) is 0 Å². The maximum absolute atomic E-state index is 12.3. The lowest BCUT2D eigenvalue weighted by molar-refractivity contribution is 0.0672. The molecule has 6 nitrogen and oxygen atoms in total. The van der Waals surface area contributed by atoms with Gasteiger partial charge in [0.25, 0.3) is 5.91 Å². The molecule has 0 radical (unpaired) electrons. The van der Waals surface area contributed by atoms with Gasteiger partial charge in [-0.2, -0.15) is 0 Å². The number of likely N-dealkylation sites (tertiary alicyclic amines) is 1.